The van der Waals surface area contributed by atoms with E-state index in [0.29, 0.717) is 6.04 Å². The normalized spacial score (nSPS) is 20.2. The lowest BCUT2D eigenvalue weighted by atomic mass is 10.1. The average molecular weight is 291 g/mol. The SMILES string of the molecule is CCC(N)Cc1cnc(N2CCC(N(CC)CC)C2)nc1. The largest absolute Gasteiger partial charge is 0.339 e. The second kappa shape index (κ2) is 7.71. The van der Waals surface area contributed by atoms with E-state index < -0.39 is 0 Å². The van der Waals surface area contributed by atoms with Gasteiger partial charge in [0.25, 0.3) is 0 Å². The van der Waals surface area contributed by atoms with Crippen LogP contribution >= 0.6 is 0 Å². The molecule has 2 rings (SSSR count). The molecule has 5 nitrogen and oxygen atoms in total. The van der Waals surface area contributed by atoms with Crippen molar-refractivity contribution in [1.29, 1.82) is 0 Å². The Kier molecular flexibility index (Phi) is 5.94. The maximum atomic E-state index is 5.98. The molecular formula is C16H29N5. The van der Waals surface area contributed by atoms with Gasteiger partial charge in [-0.2, -0.15) is 0 Å². The number of aromatic nitrogens is 2. The zero-order valence-corrected chi connectivity index (χ0v) is 13.6. The van der Waals surface area contributed by atoms with Crippen LogP contribution in [0.1, 0.15) is 39.2 Å². The molecule has 0 spiro atoms. The standard InChI is InChI=1S/C16H29N5/c1-4-14(17)9-13-10-18-16(19-11-13)21-8-7-15(12-21)20(5-2)6-3/h10-11,14-15H,4-9,12,17H2,1-3H3. The van der Waals surface area contributed by atoms with Gasteiger partial charge in [0.2, 0.25) is 5.95 Å². The Balaban J connectivity index is 1.94. The van der Waals surface area contributed by atoms with E-state index in [4.69, 9.17) is 5.73 Å². The molecule has 118 valence electrons. The van der Waals surface area contributed by atoms with Crippen LogP contribution in [0.2, 0.25) is 0 Å². The van der Waals surface area contributed by atoms with Crippen LogP contribution < -0.4 is 10.6 Å². The highest BCUT2D eigenvalue weighted by atomic mass is 15.3. The first-order chi connectivity index (χ1) is 10.2. The predicted octanol–water partition coefficient (Wildman–Crippen LogP) is 1.68. The Bertz CT molecular complexity index is 415. The maximum Gasteiger partial charge on any atom is 0.225 e. The van der Waals surface area contributed by atoms with Gasteiger partial charge < -0.3 is 10.6 Å². The highest BCUT2D eigenvalue weighted by molar-refractivity contribution is 5.32. The zero-order valence-electron chi connectivity index (χ0n) is 13.6. The summed E-state index contributed by atoms with van der Waals surface area (Å²) >= 11 is 0. The van der Waals surface area contributed by atoms with E-state index in [1.165, 1.54) is 6.42 Å². The average Bonchev–Trinajstić information content (AvgIpc) is 2.99. The molecule has 2 unspecified atom stereocenters. The fourth-order valence-electron chi connectivity index (χ4n) is 3.03. The Labute approximate surface area is 128 Å². The van der Waals surface area contributed by atoms with Crippen molar-refractivity contribution in [2.24, 2.45) is 5.73 Å². The minimum atomic E-state index is 0.207. The number of hydrogen-bond donors (Lipinski definition) is 1. The molecule has 0 radical (unpaired) electrons. The van der Waals surface area contributed by atoms with E-state index >= 15 is 0 Å². The fraction of sp³-hybridized carbons (Fsp3) is 0.750. The Morgan fingerprint density at radius 1 is 1.29 bits per heavy atom. The quantitative estimate of drug-likeness (QED) is 0.828. The Morgan fingerprint density at radius 3 is 2.52 bits per heavy atom. The first kappa shape index (κ1) is 16.2. The predicted molar refractivity (Wildman–Crippen MR) is 87.5 cm³/mol. The topological polar surface area (TPSA) is 58.3 Å². The smallest absolute Gasteiger partial charge is 0.225 e. The Hall–Kier alpha value is -1.20. The molecular weight excluding hydrogens is 262 g/mol. The molecule has 0 aromatic carbocycles. The second-order valence-electron chi connectivity index (χ2n) is 5.87. The van der Waals surface area contributed by atoms with Gasteiger partial charge in [-0.15, -0.1) is 0 Å². The van der Waals surface area contributed by atoms with Crippen molar-refractivity contribution in [2.45, 2.75) is 52.1 Å². The summed E-state index contributed by atoms with van der Waals surface area (Å²) in [6, 6.07) is 0.843. The zero-order chi connectivity index (χ0) is 15.2. The molecule has 1 aliphatic rings. The van der Waals surface area contributed by atoms with Crippen LogP contribution in [0, 0.1) is 0 Å². The summed E-state index contributed by atoms with van der Waals surface area (Å²) in [5.74, 6) is 0.860. The molecule has 1 aromatic rings. The van der Waals surface area contributed by atoms with Crippen molar-refractivity contribution in [3.8, 4) is 0 Å². The van der Waals surface area contributed by atoms with Gasteiger partial charge in [-0.1, -0.05) is 20.8 Å². The van der Waals surface area contributed by atoms with E-state index in [1.807, 2.05) is 12.4 Å². The van der Waals surface area contributed by atoms with Crippen LogP contribution in [0.15, 0.2) is 12.4 Å². The molecule has 2 atom stereocenters. The molecule has 0 amide bonds. The van der Waals surface area contributed by atoms with Crippen LogP contribution in [0.4, 0.5) is 5.95 Å². The van der Waals surface area contributed by atoms with Gasteiger partial charge in [-0.05, 0) is 37.9 Å². The summed E-state index contributed by atoms with van der Waals surface area (Å²) in [4.78, 5) is 13.9. The molecule has 2 heterocycles. The van der Waals surface area contributed by atoms with Crippen molar-refractivity contribution >= 4 is 5.95 Å². The summed E-state index contributed by atoms with van der Waals surface area (Å²) < 4.78 is 0. The van der Waals surface area contributed by atoms with Gasteiger partial charge >= 0.3 is 0 Å². The van der Waals surface area contributed by atoms with Gasteiger partial charge in [0.15, 0.2) is 0 Å². The van der Waals surface area contributed by atoms with E-state index in [-0.39, 0.29) is 6.04 Å². The van der Waals surface area contributed by atoms with Gasteiger partial charge in [0, 0.05) is 37.6 Å². The Morgan fingerprint density at radius 2 is 1.95 bits per heavy atom. The fourth-order valence-corrected chi connectivity index (χ4v) is 3.03. The summed E-state index contributed by atoms with van der Waals surface area (Å²) in [5.41, 5.74) is 7.11. The van der Waals surface area contributed by atoms with Gasteiger partial charge in [0.1, 0.15) is 0 Å². The number of nitrogens with two attached hydrogens (primary N) is 1. The lowest BCUT2D eigenvalue weighted by Crippen LogP contribution is -2.37. The van der Waals surface area contributed by atoms with Crippen molar-refractivity contribution in [1.82, 2.24) is 14.9 Å². The first-order valence-corrected chi connectivity index (χ1v) is 8.23. The highest BCUT2D eigenvalue weighted by Crippen LogP contribution is 2.19. The summed E-state index contributed by atoms with van der Waals surface area (Å²) in [6.45, 7) is 10.9. The lowest BCUT2D eigenvalue weighted by Gasteiger charge is -2.26. The first-order valence-electron chi connectivity index (χ1n) is 8.23. The molecule has 5 heteroatoms. The monoisotopic (exact) mass is 291 g/mol. The number of rotatable bonds is 7. The molecule has 1 aromatic heterocycles. The second-order valence-corrected chi connectivity index (χ2v) is 5.87. The molecule has 0 saturated carbocycles. The third-order valence-electron chi connectivity index (χ3n) is 4.49. The van der Waals surface area contributed by atoms with Gasteiger partial charge in [0.05, 0.1) is 0 Å². The highest BCUT2D eigenvalue weighted by Gasteiger charge is 2.27. The third-order valence-corrected chi connectivity index (χ3v) is 4.49. The number of anilines is 1. The van der Waals surface area contributed by atoms with E-state index in [2.05, 4.69) is 40.5 Å². The third kappa shape index (κ3) is 4.14. The molecule has 2 N–H and O–H groups in total. The van der Waals surface area contributed by atoms with Crippen molar-refractivity contribution < 1.29 is 0 Å². The summed E-state index contributed by atoms with van der Waals surface area (Å²) in [5, 5.41) is 0. The van der Waals surface area contributed by atoms with Crippen LogP contribution in [-0.2, 0) is 6.42 Å². The van der Waals surface area contributed by atoms with Crippen molar-refractivity contribution in [3.05, 3.63) is 18.0 Å². The lowest BCUT2D eigenvalue weighted by molar-refractivity contribution is 0.232. The number of hydrogen-bond acceptors (Lipinski definition) is 5. The molecule has 1 saturated heterocycles. The maximum absolute atomic E-state index is 5.98. The van der Waals surface area contributed by atoms with Crippen molar-refractivity contribution in [2.75, 3.05) is 31.1 Å². The van der Waals surface area contributed by atoms with E-state index in [1.54, 1.807) is 0 Å². The molecule has 21 heavy (non-hydrogen) atoms. The number of nitrogens with zero attached hydrogens (tertiary/aromatic N) is 4. The molecule has 1 fully saturated rings. The molecule has 0 bridgehead atoms. The van der Waals surface area contributed by atoms with Gasteiger partial charge in [-0.25, -0.2) is 9.97 Å². The summed E-state index contributed by atoms with van der Waals surface area (Å²) in [7, 11) is 0. The minimum absolute atomic E-state index is 0.207. The van der Waals surface area contributed by atoms with Crippen LogP contribution in [-0.4, -0.2) is 53.1 Å². The van der Waals surface area contributed by atoms with E-state index in [0.717, 1.165) is 50.5 Å². The molecule has 0 aliphatic carbocycles. The van der Waals surface area contributed by atoms with Crippen LogP contribution in [0.5, 0.6) is 0 Å². The van der Waals surface area contributed by atoms with Crippen LogP contribution in [0.3, 0.4) is 0 Å². The summed E-state index contributed by atoms with van der Waals surface area (Å²) in [6.07, 6.45) is 6.91. The van der Waals surface area contributed by atoms with E-state index in [9.17, 15) is 0 Å². The van der Waals surface area contributed by atoms with Crippen LogP contribution in [0.25, 0.3) is 0 Å². The van der Waals surface area contributed by atoms with Gasteiger partial charge in [-0.3, -0.25) is 4.90 Å². The van der Waals surface area contributed by atoms with Crippen molar-refractivity contribution in [3.63, 3.8) is 0 Å². The minimum Gasteiger partial charge on any atom is -0.339 e. The molecule has 1 aliphatic heterocycles. The number of likely N-dealkylation sites (N-methyl/N-ethyl adjacent to an activating group) is 1.